The van der Waals surface area contributed by atoms with Crippen LogP contribution < -0.4 is 5.32 Å². The third-order valence-corrected chi connectivity index (χ3v) is 3.61. The van der Waals surface area contributed by atoms with Crippen LogP contribution in [-0.4, -0.2) is 23.0 Å². The van der Waals surface area contributed by atoms with E-state index in [2.05, 4.69) is 5.32 Å². The van der Waals surface area contributed by atoms with Crippen molar-refractivity contribution in [2.24, 2.45) is 11.8 Å². The molecule has 2 atom stereocenters. The van der Waals surface area contributed by atoms with Gasteiger partial charge in [0.05, 0.1) is 5.92 Å². The minimum atomic E-state index is -0.761. The van der Waals surface area contributed by atoms with Crippen molar-refractivity contribution < 1.29 is 14.7 Å². The summed E-state index contributed by atoms with van der Waals surface area (Å²) in [4.78, 5) is 22.8. The van der Waals surface area contributed by atoms with Crippen LogP contribution in [0.5, 0.6) is 0 Å². The molecule has 90 valence electrons. The van der Waals surface area contributed by atoms with Gasteiger partial charge in [-0.15, -0.1) is 0 Å². The quantitative estimate of drug-likeness (QED) is 0.716. The molecule has 0 saturated heterocycles. The van der Waals surface area contributed by atoms with Crippen molar-refractivity contribution in [2.75, 3.05) is 0 Å². The number of hydrogen-bond acceptors (Lipinski definition) is 2. The smallest absolute Gasteiger partial charge is 0.308 e. The topological polar surface area (TPSA) is 66.4 Å². The molecular formula is C12H19NO3. The molecule has 4 heteroatoms. The van der Waals surface area contributed by atoms with Gasteiger partial charge in [0.1, 0.15) is 0 Å². The Bertz CT molecular complexity index is 286. The van der Waals surface area contributed by atoms with Gasteiger partial charge in [0.2, 0.25) is 5.91 Å². The van der Waals surface area contributed by atoms with E-state index < -0.39 is 5.97 Å². The maximum absolute atomic E-state index is 11.6. The molecule has 0 aromatic rings. The van der Waals surface area contributed by atoms with Crippen molar-refractivity contribution in [2.45, 2.75) is 51.0 Å². The first-order valence-corrected chi connectivity index (χ1v) is 6.21. The lowest BCUT2D eigenvalue weighted by Gasteiger charge is -2.22. The second-order valence-electron chi connectivity index (χ2n) is 4.97. The number of carbonyl (C=O) groups is 2. The van der Waals surface area contributed by atoms with Crippen LogP contribution in [0.4, 0.5) is 0 Å². The van der Waals surface area contributed by atoms with E-state index in [0.717, 1.165) is 38.5 Å². The van der Waals surface area contributed by atoms with Gasteiger partial charge in [-0.25, -0.2) is 0 Å². The first-order chi connectivity index (χ1) is 7.68. The summed E-state index contributed by atoms with van der Waals surface area (Å²) in [6.45, 7) is 0. The molecule has 2 aliphatic rings. The van der Waals surface area contributed by atoms with Crippen molar-refractivity contribution in [3.05, 3.63) is 0 Å². The SMILES string of the molecule is O=C(N[C@H]1CCCCC[C@H]1C(=O)O)C1CC1. The number of carboxylic acid groups (broad SMARTS) is 1. The van der Waals surface area contributed by atoms with Crippen LogP contribution in [0, 0.1) is 11.8 Å². The second kappa shape index (κ2) is 4.85. The van der Waals surface area contributed by atoms with Crippen molar-refractivity contribution >= 4 is 11.9 Å². The van der Waals surface area contributed by atoms with Crippen LogP contribution in [0.3, 0.4) is 0 Å². The van der Waals surface area contributed by atoms with Crippen molar-refractivity contribution in [3.8, 4) is 0 Å². The van der Waals surface area contributed by atoms with Gasteiger partial charge >= 0.3 is 5.97 Å². The number of amides is 1. The van der Waals surface area contributed by atoms with E-state index in [0.29, 0.717) is 6.42 Å². The monoisotopic (exact) mass is 225 g/mol. The van der Waals surface area contributed by atoms with Gasteiger partial charge in [-0.3, -0.25) is 9.59 Å². The Hall–Kier alpha value is -1.06. The van der Waals surface area contributed by atoms with E-state index in [9.17, 15) is 9.59 Å². The normalized spacial score (nSPS) is 30.5. The molecule has 2 aliphatic carbocycles. The lowest BCUT2D eigenvalue weighted by Crippen LogP contribution is -2.43. The highest BCUT2D eigenvalue weighted by atomic mass is 16.4. The van der Waals surface area contributed by atoms with Crippen molar-refractivity contribution in [1.82, 2.24) is 5.32 Å². The highest BCUT2D eigenvalue weighted by Gasteiger charge is 2.35. The molecule has 0 radical (unpaired) electrons. The fourth-order valence-electron chi connectivity index (χ4n) is 2.42. The maximum Gasteiger partial charge on any atom is 0.308 e. The standard InChI is InChI=1S/C12H19NO3/c14-11(8-6-7-8)13-10-5-3-1-2-4-9(10)12(15)16/h8-10H,1-7H2,(H,13,14)(H,15,16)/t9-,10+/m1/s1. The Morgan fingerprint density at radius 1 is 1.00 bits per heavy atom. The summed E-state index contributed by atoms with van der Waals surface area (Å²) in [6, 6.07) is -0.145. The molecule has 1 amide bonds. The van der Waals surface area contributed by atoms with Gasteiger partial charge in [-0.05, 0) is 25.7 Å². The fourth-order valence-corrected chi connectivity index (χ4v) is 2.42. The molecule has 0 aliphatic heterocycles. The average Bonchev–Trinajstić information content (AvgIpc) is 3.04. The number of rotatable bonds is 3. The molecule has 0 heterocycles. The van der Waals surface area contributed by atoms with Gasteiger partial charge in [-0.1, -0.05) is 19.3 Å². The predicted octanol–water partition coefficient (Wildman–Crippen LogP) is 1.55. The number of nitrogens with one attached hydrogen (secondary N) is 1. The number of carbonyl (C=O) groups excluding carboxylic acids is 1. The maximum atomic E-state index is 11.6. The fraction of sp³-hybridized carbons (Fsp3) is 0.833. The third kappa shape index (κ3) is 2.74. The van der Waals surface area contributed by atoms with Crippen LogP contribution >= 0.6 is 0 Å². The molecule has 2 rings (SSSR count). The molecule has 2 N–H and O–H groups in total. The van der Waals surface area contributed by atoms with Gasteiger partial charge in [0.15, 0.2) is 0 Å². The van der Waals surface area contributed by atoms with Crippen LogP contribution in [-0.2, 0) is 9.59 Å². The molecule has 0 aromatic heterocycles. The predicted molar refractivity (Wildman–Crippen MR) is 58.9 cm³/mol. The highest BCUT2D eigenvalue weighted by molar-refractivity contribution is 5.82. The lowest BCUT2D eigenvalue weighted by molar-refractivity contribution is -0.143. The second-order valence-corrected chi connectivity index (χ2v) is 4.97. The zero-order chi connectivity index (χ0) is 11.5. The zero-order valence-electron chi connectivity index (χ0n) is 9.45. The first kappa shape index (κ1) is 11.4. The van der Waals surface area contributed by atoms with Gasteiger partial charge < -0.3 is 10.4 Å². The summed E-state index contributed by atoms with van der Waals surface area (Å²) in [7, 11) is 0. The minimum absolute atomic E-state index is 0.0677. The zero-order valence-corrected chi connectivity index (χ0v) is 9.45. The molecule has 0 unspecified atom stereocenters. The Balaban J connectivity index is 1.95. The number of aliphatic carboxylic acids is 1. The van der Waals surface area contributed by atoms with E-state index in [1.807, 2.05) is 0 Å². The molecule has 2 saturated carbocycles. The molecule has 0 bridgehead atoms. The van der Waals surface area contributed by atoms with Crippen molar-refractivity contribution in [1.29, 1.82) is 0 Å². The highest BCUT2D eigenvalue weighted by Crippen LogP contribution is 2.30. The molecule has 0 aromatic carbocycles. The minimum Gasteiger partial charge on any atom is -0.481 e. The van der Waals surface area contributed by atoms with Crippen molar-refractivity contribution in [3.63, 3.8) is 0 Å². The molecule has 2 fully saturated rings. The Morgan fingerprint density at radius 2 is 1.69 bits per heavy atom. The van der Waals surface area contributed by atoms with Gasteiger partial charge in [0.25, 0.3) is 0 Å². The summed E-state index contributed by atoms with van der Waals surface area (Å²) in [5.74, 6) is -0.913. The Kier molecular flexibility index (Phi) is 3.46. The van der Waals surface area contributed by atoms with Crippen LogP contribution in [0.15, 0.2) is 0 Å². The third-order valence-electron chi connectivity index (χ3n) is 3.61. The van der Waals surface area contributed by atoms with Crippen LogP contribution in [0.2, 0.25) is 0 Å². The molecule has 0 spiro atoms. The first-order valence-electron chi connectivity index (χ1n) is 6.21. The van der Waals surface area contributed by atoms with Gasteiger partial charge in [0, 0.05) is 12.0 Å². The van der Waals surface area contributed by atoms with E-state index in [1.54, 1.807) is 0 Å². The molecule has 16 heavy (non-hydrogen) atoms. The summed E-state index contributed by atoms with van der Waals surface area (Å²) >= 11 is 0. The molecule has 4 nitrogen and oxygen atoms in total. The lowest BCUT2D eigenvalue weighted by atomic mass is 9.94. The van der Waals surface area contributed by atoms with E-state index in [-0.39, 0.29) is 23.8 Å². The summed E-state index contributed by atoms with van der Waals surface area (Å²) in [6.07, 6.45) is 6.53. The van der Waals surface area contributed by atoms with Crippen LogP contribution in [0.25, 0.3) is 0 Å². The summed E-state index contributed by atoms with van der Waals surface area (Å²) in [5.41, 5.74) is 0. The van der Waals surface area contributed by atoms with E-state index in [4.69, 9.17) is 5.11 Å². The Labute approximate surface area is 95.4 Å². The number of carboxylic acids is 1. The van der Waals surface area contributed by atoms with Gasteiger partial charge in [-0.2, -0.15) is 0 Å². The van der Waals surface area contributed by atoms with E-state index >= 15 is 0 Å². The summed E-state index contributed by atoms with van der Waals surface area (Å²) < 4.78 is 0. The largest absolute Gasteiger partial charge is 0.481 e. The van der Waals surface area contributed by atoms with Crippen LogP contribution in [0.1, 0.15) is 44.9 Å². The number of hydrogen-bond donors (Lipinski definition) is 2. The average molecular weight is 225 g/mol. The molecular weight excluding hydrogens is 206 g/mol. The summed E-state index contributed by atoms with van der Waals surface area (Å²) in [5, 5.41) is 12.1. The Morgan fingerprint density at radius 3 is 2.31 bits per heavy atom. The van der Waals surface area contributed by atoms with E-state index in [1.165, 1.54) is 0 Å².